The molecule has 0 radical (unpaired) electrons. The van der Waals surface area contributed by atoms with E-state index in [9.17, 15) is 4.79 Å². The second-order valence-corrected chi connectivity index (χ2v) is 7.06. The van der Waals surface area contributed by atoms with Crippen LogP contribution in [0.2, 0.25) is 0 Å². The van der Waals surface area contributed by atoms with Crippen LogP contribution in [0.15, 0.2) is 45.7 Å². The lowest BCUT2D eigenvalue weighted by Crippen LogP contribution is -2.33. The third kappa shape index (κ3) is 4.51. The van der Waals surface area contributed by atoms with Crippen LogP contribution in [0.1, 0.15) is 24.2 Å². The molecule has 1 fully saturated rings. The first-order valence-corrected chi connectivity index (χ1v) is 9.14. The Morgan fingerprint density at radius 1 is 1.28 bits per heavy atom. The van der Waals surface area contributed by atoms with Gasteiger partial charge in [0.2, 0.25) is 0 Å². The number of halogens is 1. The van der Waals surface area contributed by atoms with Gasteiger partial charge in [0.1, 0.15) is 18.5 Å². The first-order chi connectivity index (χ1) is 12.0. The summed E-state index contributed by atoms with van der Waals surface area (Å²) in [5, 5.41) is 0. The fourth-order valence-corrected chi connectivity index (χ4v) is 3.24. The predicted octanol–water partition coefficient (Wildman–Crippen LogP) is 3.32. The second-order valence-electron chi connectivity index (χ2n) is 6.15. The van der Waals surface area contributed by atoms with Gasteiger partial charge in [0.25, 0.3) is 5.56 Å². The SMILES string of the molecule is Cc1cc(OCC2COCCO2)cc(=O)n1C(C)c1ccc(Br)cc1. The maximum Gasteiger partial charge on any atom is 0.254 e. The smallest absolute Gasteiger partial charge is 0.254 e. The van der Waals surface area contributed by atoms with Gasteiger partial charge in [-0.25, -0.2) is 0 Å². The fourth-order valence-electron chi connectivity index (χ4n) is 2.97. The molecule has 134 valence electrons. The minimum Gasteiger partial charge on any atom is -0.491 e. The maximum absolute atomic E-state index is 12.6. The number of benzene rings is 1. The lowest BCUT2D eigenvalue weighted by atomic mass is 10.1. The molecular formula is C19H22BrNO4. The van der Waals surface area contributed by atoms with E-state index in [0.29, 0.717) is 32.2 Å². The molecule has 2 atom stereocenters. The van der Waals surface area contributed by atoms with Crippen LogP contribution in [0.25, 0.3) is 0 Å². The van der Waals surface area contributed by atoms with Crippen molar-refractivity contribution in [2.75, 3.05) is 26.4 Å². The first-order valence-electron chi connectivity index (χ1n) is 8.35. The molecule has 1 aromatic heterocycles. The highest BCUT2D eigenvalue weighted by atomic mass is 79.9. The largest absolute Gasteiger partial charge is 0.491 e. The molecule has 0 N–H and O–H groups in total. The molecule has 0 amide bonds. The van der Waals surface area contributed by atoms with E-state index < -0.39 is 0 Å². The Kier molecular flexibility index (Phi) is 5.93. The summed E-state index contributed by atoms with van der Waals surface area (Å²) in [4.78, 5) is 12.6. The van der Waals surface area contributed by atoms with E-state index in [0.717, 1.165) is 15.7 Å². The van der Waals surface area contributed by atoms with Gasteiger partial charge in [0.15, 0.2) is 0 Å². The van der Waals surface area contributed by atoms with Crippen LogP contribution in [0.3, 0.4) is 0 Å². The third-order valence-electron chi connectivity index (χ3n) is 4.29. The molecule has 1 aliphatic heterocycles. The topological polar surface area (TPSA) is 49.7 Å². The van der Waals surface area contributed by atoms with Crippen molar-refractivity contribution >= 4 is 15.9 Å². The third-order valence-corrected chi connectivity index (χ3v) is 4.82. The van der Waals surface area contributed by atoms with Crippen molar-refractivity contribution in [1.29, 1.82) is 0 Å². The van der Waals surface area contributed by atoms with E-state index in [4.69, 9.17) is 14.2 Å². The van der Waals surface area contributed by atoms with Crippen LogP contribution in [0.4, 0.5) is 0 Å². The number of nitrogens with zero attached hydrogens (tertiary/aromatic N) is 1. The van der Waals surface area contributed by atoms with Crippen LogP contribution < -0.4 is 10.3 Å². The number of rotatable bonds is 5. The number of pyridine rings is 1. The molecule has 1 saturated heterocycles. The first kappa shape index (κ1) is 18.2. The van der Waals surface area contributed by atoms with Gasteiger partial charge >= 0.3 is 0 Å². The Morgan fingerprint density at radius 2 is 2.04 bits per heavy atom. The van der Waals surface area contributed by atoms with Crippen molar-refractivity contribution in [3.05, 3.63) is 62.5 Å². The normalized spacial score (nSPS) is 18.8. The Labute approximate surface area is 155 Å². The molecule has 5 nitrogen and oxygen atoms in total. The summed E-state index contributed by atoms with van der Waals surface area (Å²) in [5.74, 6) is 0.566. The van der Waals surface area contributed by atoms with Crippen molar-refractivity contribution in [1.82, 2.24) is 4.57 Å². The van der Waals surface area contributed by atoms with E-state index in [1.165, 1.54) is 6.07 Å². The van der Waals surface area contributed by atoms with Crippen LogP contribution in [0.5, 0.6) is 5.75 Å². The summed E-state index contributed by atoms with van der Waals surface area (Å²) in [5.41, 5.74) is 1.86. The van der Waals surface area contributed by atoms with Crippen LogP contribution in [-0.2, 0) is 9.47 Å². The Hall–Kier alpha value is -1.63. The lowest BCUT2D eigenvalue weighted by molar-refractivity contribution is -0.101. The van der Waals surface area contributed by atoms with Crippen molar-refractivity contribution < 1.29 is 14.2 Å². The fraction of sp³-hybridized carbons (Fsp3) is 0.421. The zero-order chi connectivity index (χ0) is 17.8. The molecule has 0 saturated carbocycles. The standard InChI is InChI=1S/C19H22BrNO4/c1-13-9-17(25-12-18-11-23-7-8-24-18)10-19(22)21(13)14(2)15-3-5-16(20)6-4-15/h3-6,9-10,14,18H,7-8,11-12H2,1-2H3. The van der Waals surface area contributed by atoms with Gasteiger partial charge in [-0.1, -0.05) is 28.1 Å². The predicted molar refractivity (Wildman–Crippen MR) is 99.4 cm³/mol. The van der Waals surface area contributed by atoms with Crippen LogP contribution >= 0.6 is 15.9 Å². The zero-order valence-corrected chi connectivity index (χ0v) is 16.0. The van der Waals surface area contributed by atoms with Gasteiger partial charge in [0.05, 0.1) is 25.9 Å². The van der Waals surface area contributed by atoms with Gasteiger partial charge in [0, 0.05) is 16.2 Å². The van der Waals surface area contributed by atoms with E-state index in [1.54, 1.807) is 4.57 Å². The quantitative estimate of drug-likeness (QED) is 0.762. The van der Waals surface area contributed by atoms with Crippen molar-refractivity contribution in [2.45, 2.75) is 26.0 Å². The number of aromatic nitrogens is 1. The van der Waals surface area contributed by atoms with Crippen molar-refractivity contribution in [3.63, 3.8) is 0 Å². The number of aryl methyl sites for hydroxylation is 1. The summed E-state index contributed by atoms with van der Waals surface area (Å²) in [6.45, 7) is 6.05. The van der Waals surface area contributed by atoms with Crippen molar-refractivity contribution in [3.8, 4) is 5.75 Å². The van der Waals surface area contributed by atoms with Gasteiger partial charge in [-0.3, -0.25) is 4.79 Å². The highest BCUT2D eigenvalue weighted by Gasteiger charge is 2.17. The summed E-state index contributed by atoms with van der Waals surface area (Å²) in [6.07, 6.45) is -0.0850. The van der Waals surface area contributed by atoms with Gasteiger partial charge in [-0.2, -0.15) is 0 Å². The molecule has 0 aliphatic carbocycles. The van der Waals surface area contributed by atoms with Gasteiger partial charge in [-0.05, 0) is 37.6 Å². The molecule has 3 rings (SSSR count). The summed E-state index contributed by atoms with van der Waals surface area (Å²) in [6, 6.07) is 11.4. The zero-order valence-electron chi connectivity index (χ0n) is 14.4. The van der Waals surface area contributed by atoms with Crippen molar-refractivity contribution in [2.24, 2.45) is 0 Å². The highest BCUT2D eigenvalue weighted by molar-refractivity contribution is 9.10. The van der Waals surface area contributed by atoms with Crippen LogP contribution in [0, 0.1) is 6.92 Å². The van der Waals surface area contributed by atoms with E-state index in [-0.39, 0.29) is 17.7 Å². The molecule has 0 spiro atoms. The van der Waals surface area contributed by atoms with E-state index in [1.807, 2.05) is 44.2 Å². The Balaban J connectivity index is 1.75. The second kappa shape index (κ2) is 8.17. The monoisotopic (exact) mass is 407 g/mol. The molecule has 25 heavy (non-hydrogen) atoms. The molecule has 1 aromatic carbocycles. The number of hydrogen-bond donors (Lipinski definition) is 0. The molecular weight excluding hydrogens is 386 g/mol. The highest BCUT2D eigenvalue weighted by Crippen LogP contribution is 2.22. The van der Waals surface area contributed by atoms with Crippen LogP contribution in [-0.4, -0.2) is 37.1 Å². The molecule has 2 aromatic rings. The minimum atomic E-state index is -0.0850. The molecule has 6 heteroatoms. The maximum atomic E-state index is 12.6. The molecule has 2 heterocycles. The number of hydrogen-bond acceptors (Lipinski definition) is 4. The van der Waals surface area contributed by atoms with E-state index >= 15 is 0 Å². The lowest BCUT2D eigenvalue weighted by Gasteiger charge is -2.23. The summed E-state index contributed by atoms with van der Waals surface area (Å²) in [7, 11) is 0. The van der Waals surface area contributed by atoms with Gasteiger partial charge < -0.3 is 18.8 Å². The summed E-state index contributed by atoms with van der Waals surface area (Å²) < 4.78 is 19.4. The van der Waals surface area contributed by atoms with Gasteiger partial charge in [-0.15, -0.1) is 0 Å². The molecule has 1 aliphatic rings. The Bertz CT molecular complexity index is 766. The Morgan fingerprint density at radius 3 is 2.68 bits per heavy atom. The average Bonchev–Trinajstić information content (AvgIpc) is 2.61. The molecule has 2 unspecified atom stereocenters. The minimum absolute atomic E-state index is 0.0512. The molecule has 0 bridgehead atoms. The number of ether oxygens (including phenoxy) is 3. The summed E-state index contributed by atoms with van der Waals surface area (Å²) >= 11 is 3.44. The average molecular weight is 408 g/mol. The van der Waals surface area contributed by atoms with E-state index in [2.05, 4.69) is 15.9 Å².